The fourth-order valence-corrected chi connectivity index (χ4v) is 3.11. The van der Waals surface area contributed by atoms with E-state index in [2.05, 4.69) is 21.2 Å². The van der Waals surface area contributed by atoms with E-state index >= 15 is 0 Å². The van der Waals surface area contributed by atoms with E-state index in [1.165, 1.54) is 6.07 Å². The van der Waals surface area contributed by atoms with Crippen LogP contribution in [-0.2, 0) is 10.1 Å². The van der Waals surface area contributed by atoms with Gasteiger partial charge in [-0.3, -0.25) is 4.55 Å². The molecule has 0 bridgehead atoms. The van der Waals surface area contributed by atoms with Gasteiger partial charge in [0.15, 0.2) is 0 Å². The molecule has 0 aromatic heterocycles. The maximum Gasteiger partial charge on any atom is 0.296 e. The molecule has 17 heavy (non-hydrogen) atoms. The zero-order valence-corrected chi connectivity index (χ0v) is 11.5. The third-order valence-electron chi connectivity index (χ3n) is 2.66. The average molecular weight is 321 g/mol. The van der Waals surface area contributed by atoms with Crippen molar-refractivity contribution in [3.8, 4) is 0 Å². The molecule has 2 N–H and O–H groups in total. The van der Waals surface area contributed by atoms with Crippen molar-refractivity contribution in [2.24, 2.45) is 0 Å². The van der Waals surface area contributed by atoms with Gasteiger partial charge in [-0.25, -0.2) is 0 Å². The monoisotopic (exact) mass is 320 g/mol. The lowest BCUT2D eigenvalue weighted by atomic mass is 10.2. The lowest BCUT2D eigenvalue weighted by Crippen LogP contribution is -2.44. The Hall–Kier alpha value is -0.630. The van der Waals surface area contributed by atoms with Crippen molar-refractivity contribution in [2.75, 3.05) is 31.1 Å². The molecule has 1 aliphatic rings. The average Bonchev–Trinajstić information content (AvgIpc) is 2.29. The Morgan fingerprint density at radius 1 is 1.29 bits per heavy atom. The molecule has 1 heterocycles. The van der Waals surface area contributed by atoms with Crippen molar-refractivity contribution in [1.29, 1.82) is 0 Å². The van der Waals surface area contributed by atoms with Crippen LogP contribution < -0.4 is 10.2 Å². The number of hydrogen-bond acceptors (Lipinski definition) is 4. The van der Waals surface area contributed by atoms with E-state index < -0.39 is 10.1 Å². The summed E-state index contributed by atoms with van der Waals surface area (Å²) in [6, 6.07) is 4.90. The van der Waals surface area contributed by atoms with E-state index in [-0.39, 0.29) is 4.90 Å². The first-order chi connectivity index (χ1) is 7.98. The Kier molecular flexibility index (Phi) is 3.72. The molecular formula is C10H13BrN2O3S. The highest BCUT2D eigenvalue weighted by molar-refractivity contribution is 9.10. The van der Waals surface area contributed by atoms with Gasteiger partial charge in [0, 0.05) is 30.7 Å². The number of nitrogens with zero attached hydrogens (tertiary/aromatic N) is 1. The summed E-state index contributed by atoms with van der Waals surface area (Å²) in [5, 5.41) is 3.19. The smallest absolute Gasteiger partial charge is 0.296 e. The van der Waals surface area contributed by atoms with Crippen molar-refractivity contribution in [3.05, 3.63) is 22.7 Å². The molecular weight excluding hydrogens is 308 g/mol. The zero-order chi connectivity index (χ0) is 12.5. The van der Waals surface area contributed by atoms with Crippen molar-refractivity contribution in [2.45, 2.75) is 4.90 Å². The molecule has 7 heteroatoms. The maximum absolute atomic E-state index is 11.3. The number of nitrogens with one attached hydrogen (secondary N) is 1. The van der Waals surface area contributed by atoms with Crippen LogP contribution >= 0.6 is 15.9 Å². The van der Waals surface area contributed by atoms with Crippen LogP contribution in [0, 0.1) is 0 Å². The van der Waals surface area contributed by atoms with Crippen LogP contribution in [0.2, 0.25) is 0 Å². The van der Waals surface area contributed by atoms with Gasteiger partial charge >= 0.3 is 0 Å². The molecule has 1 aromatic carbocycles. The quantitative estimate of drug-likeness (QED) is 0.799. The highest BCUT2D eigenvalue weighted by Gasteiger charge is 2.21. The standard InChI is InChI=1S/C10H13BrN2O3S/c11-8-1-2-9(10(7-8)17(14,15)16)13-5-3-12-4-6-13/h1-2,7,12H,3-6H2,(H,14,15,16). The summed E-state index contributed by atoms with van der Waals surface area (Å²) < 4.78 is 32.5. The van der Waals surface area contributed by atoms with E-state index in [9.17, 15) is 13.0 Å². The van der Waals surface area contributed by atoms with Crippen LogP contribution in [-0.4, -0.2) is 39.1 Å². The predicted molar refractivity (Wildman–Crippen MR) is 69.0 cm³/mol. The highest BCUT2D eigenvalue weighted by atomic mass is 79.9. The largest absolute Gasteiger partial charge is 0.368 e. The minimum absolute atomic E-state index is 0.0474. The summed E-state index contributed by atoms with van der Waals surface area (Å²) >= 11 is 3.21. The lowest BCUT2D eigenvalue weighted by Gasteiger charge is -2.30. The second-order valence-corrected chi connectivity index (χ2v) is 6.13. The molecule has 1 fully saturated rings. The number of piperazine rings is 1. The first-order valence-corrected chi connectivity index (χ1v) is 7.44. The summed E-state index contributed by atoms with van der Waals surface area (Å²) in [5.41, 5.74) is 0.553. The first-order valence-electron chi connectivity index (χ1n) is 5.21. The first kappa shape index (κ1) is 12.8. The molecule has 1 aromatic rings. The number of halogens is 1. The van der Waals surface area contributed by atoms with Gasteiger partial charge in [0.05, 0.1) is 5.69 Å². The second-order valence-electron chi connectivity index (χ2n) is 3.82. The number of hydrogen-bond donors (Lipinski definition) is 2. The van der Waals surface area contributed by atoms with Crippen LogP contribution in [0.25, 0.3) is 0 Å². The molecule has 0 atom stereocenters. The summed E-state index contributed by atoms with van der Waals surface area (Å²) in [5.74, 6) is 0. The number of benzene rings is 1. The van der Waals surface area contributed by atoms with Crippen molar-refractivity contribution < 1.29 is 13.0 Å². The summed E-state index contributed by atoms with van der Waals surface area (Å²) in [7, 11) is -4.20. The van der Waals surface area contributed by atoms with Crippen LogP contribution in [0.4, 0.5) is 5.69 Å². The fourth-order valence-electron chi connectivity index (χ4n) is 1.86. The van der Waals surface area contributed by atoms with Gasteiger partial charge in [0.25, 0.3) is 10.1 Å². The number of anilines is 1. The summed E-state index contributed by atoms with van der Waals surface area (Å²) in [4.78, 5) is 1.90. The van der Waals surface area contributed by atoms with Gasteiger partial charge in [-0.15, -0.1) is 0 Å². The molecule has 1 saturated heterocycles. The topological polar surface area (TPSA) is 69.6 Å². The molecule has 0 amide bonds. The molecule has 0 unspecified atom stereocenters. The lowest BCUT2D eigenvalue weighted by molar-refractivity contribution is 0.482. The van der Waals surface area contributed by atoms with Gasteiger partial charge in [0.1, 0.15) is 4.90 Å². The second kappa shape index (κ2) is 4.93. The molecule has 94 valence electrons. The van der Waals surface area contributed by atoms with E-state index in [0.29, 0.717) is 10.2 Å². The Balaban J connectivity index is 2.45. The molecule has 0 aliphatic carbocycles. The maximum atomic E-state index is 11.3. The molecule has 0 radical (unpaired) electrons. The van der Waals surface area contributed by atoms with Crippen molar-refractivity contribution >= 4 is 31.7 Å². The molecule has 2 rings (SSSR count). The summed E-state index contributed by atoms with van der Waals surface area (Å²) in [6.45, 7) is 3.07. The molecule has 1 aliphatic heterocycles. The molecule has 0 spiro atoms. The SMILES string of the molecule is O=S(=O)(O)c1cc(Br)ccc1N1CCNCC1. The highest BCUT2D eigenvalue weighted by Crippen LogP contribution is 2.28. The van der Waals surface area contributed by atoms with Gasteiger partial charge in [-0.1, -0.05) is 15.9 Å². The minimum atomic E-state index is -4.20. The van der Waals surface area contributed by atoms with Crippen molar-refractivity contribution in [1.82, 2.24) is 5.32 Å². The van der Waals surface area contributed by atoms with Crippen LogP contribution in [0.5, 0.6) is 0 Å². The van der Waals surface area contributed by atoms with Gasteiger partial charge in [0.2, 0.25) is 0 Å². The minimum Gasteiger partial charge on any atom is -0.368 e. The Labute approximate surface area is 109 Å². The zero-order valence-electron chi connectivity index (χ0n) is 9.06. The molecule has 0 saturated carbocycles. The predicted octanol–water partition coefficient (Wildman–Crippen LogP) is 1.11. The van der Waals surface area contributed by atoms with E-state index in [4.69, 9.17) is 0 Å². The third-order valence-corrected chi connectivity index (χ3v) is 4.03. The van der Waals surface area contributed by atoms with Gasteiger partial charge in [-0.2, -0.15) is 8.42 Å². The Bertz CT molecular complexity index is 512. The summed E-state index contributed by atoms with van der Waals surface area (Å²) in [6.07, 6.45) is 0. The van der Waals surface area contributed by atoms with Gasteiger partial charge < -0.3 is 10.2 Å². The fraction of sp³-hybridized carbons (Fsp3) is 0.400. The molecule has 5 nitrogen and oxygen atoms in total. The van der Waals surface area contributed by atoms with E-state index in [1.807, 2.05) is 4.90 Å². The Morgan fingerprint density at radius 3 is 2.53 bits per heavy atom. The third kappa shape index (κ3) is 2.98. The van der Waals surface area contributed by atoms with E-state index in [0.717, 1.165) is 26.2 Å². The normalized spacial score (nSPS) is 17.2. The van der Waals surface area contributed by atoms with Crippen LogP contribution in [0.3, 0.4) is 0 Å². The van der Waals surface area contributed by atoms with Crippen LogP contribution in [0.1, 0.15) is 0 Å². The number of rotatable bonds is 2. The Morgan fingerprint density at radius 2 is 1.94 bits per heavy atom. The van der Waals surface area contributed by atoms with Crippen LogP contribution in [0.15, 0.2) is 27.6 Å². The van der Waals surface area contributed by atoms with E-state index in [1.54, 1.807) is 12.1 Å². The van der Waals surface area contributed by atoms with Crippen molar-refractivity contribution in [3.63, 3.8) is 0 Å². The van der Waals surface area contributed by atoms with Gasteiger partial charge in [-0.05, 0) is 18.2 Å².